The van der Waals surface area contributed by atoms with Crippen molar-refractivity contribution < 1.29 is 19.1 Å². The van der Waals surface area contributed by atoms with Gasteiger partial charge < -0.3 is 14.8 Å². The normalized spacial score (nSPS) is 13.1. The maximum atomic E-state index is 13.2. The number of hydrogen-bond donors (Lipinski definition) is 1. The number of nitrogens with zero attached hydrogens (tertiary/aromatic N) is 2. The van der Waals surface area contributed by atoms with Crippen molar-refractivity contribution in [3.8, 4) is 0 Å². The minimum Gasteiger partial charge on any atom is -0.444 e. The summed E-state index contributed by atoms with van der Waals surface area (Å²) >= 11 is 4.53. The second-order valence-electron chi connectivity index (χ2n) is 10.2. The number of aromatic nitrogens is 1. The first-order valence-corrected chi connectivity index (χ1v) is 13.6. The number of amides is 2. The SMILES string of the molecule is Cc1c(C[C@H](C)NC(=O)OC(C)(C)C)sc2c(N(Cc3cccs3)C(=O)OC(C)(C)C)snc12. The fourth-order valence-corrected chi connectivity index (χ4v) is 6.37. The lowest BCUT2D eigenvalue weighted by molar-refractivity contribution is 0.0507. The van der Waals surface area contributed by atoms with Crippen molar-refractivity contribution >= 4 is 61.6 Å². The van der Waals surface area contributed by atoms with Crippen LogP contribution < -0.4 is 10.2 Å². The average Bonchev–Trinajstić information content (AvgIpc) is 3.36. The smallest absolute Gasteiger partial charge is 0.415 e. The molecule has 3 heterocycles. The second kappa shape index (κ2) is 10.2. The van der Waals surface area contributed by atoms with Gasteiger partial charge in [0.05, 0.1) is 11.2 Å². The third-order valence-corrected chi connectivity index (χ3v) is 7.81. The quantitative estimate of drug-likeness (QED) is 0.372. The number of ether oxygens (including phenoxy) is 2. The topological polar surface area (TPSA) is 80.8 Å². The van der Waals surface area contributed by atoms with Gasteiger partial charge in [-0.25, -0.2) is 9.59 Å². The molecule has 3 rings (SSSR count). The van der Waals surface area contributed by atoms with Crippen molar-refractivity contribution in [2.45, 2.75) is 85.6 Å². The number of alkyl carbamates (subject to hydrolysis) is 1. The zero-order chi connectivity index (χ0) is 25.3. The molecule has 10 heteroatoms. The molecule has 1 atom stereocenters. The van der Waals surface area contributed by atoms with Crippen molar-refractivity contribution in [1.29, 1.82) is 0 Å². The third-order valence-electron chi connectivity index (χ3n) is 4.64. The van der Waals surface area contributed by atoms with Gasteiger partial charge in [-0.05, 0) is 83.9 Å². The fraction of sp³-hybridized carbons (Fsp3) is 0.542. The predicted octanol–water partition coefficient (Wildman–Crippen LogP) is 7.13. The van der Waals surface area contributed by atoms with Gasteiger partial charge in [-0.15, -0.1) is 22.7 Å². The van der Waals surface area contributed by atoms with Gasteiger partial charge in [-0.3, -0.25) is 4.90 Å². The molecule has 0 aliphatic carbocycles. The van der Waals surface area contributed by atoms with Crippen LogP contribution in [0.3, 0.4) is 0 Å². The van der Waals surface area contributed by atoms with E-state index in [9.17, 15) is 9.59 Å². The number of aryl methyl sites for hydroxylation is 1. The summed E-state index contributed by atoms with van der Waals surface area (Å²) in [7, 11) is 0. The summed E-state index contributed by atoms with van der Waals surface area (Å²) in [6, 6.07) is 3.87. The molecule has 0 aliphatic heterocycles. The first kappa shape index (κ1) is 26.4. The lowest BCUT2D eigenvalue weighted by atomic mass is 10.1. The summed E-state index contributed by atoms with van der Waals surface area (Å²) in [5, 5.41) is 5.68. The first-order valence-electron chi connectivity index (χ1n) is 11.1. The molecule has 0 spiro atoms. The zero-order valence-electron chi connectivity index (χ0n) is 21.0. The molecule has 0 aromatic carbocycles. The largest absolute Gasteiger partial charge is 0.444 e. The highest BCUT2D eigenvalue weighted by atomic mass is 32.1. The van der Waals surface area contributed by atoms with Gasteiger partial charge in [-0.1, -0.05) is 6.07 Å². The van der Waals surface area contributed by atoms with E-state index in [0.29, 0.717) is 13.0 Å². The molecule has 34 heavy (non-hydrogen) atoms. The summed E-state index contributed by atoms with van der Waals surface area (Å²) in [6.45, 7) is 15.5. The Balaban J connectivity index is 1.86. The van der Waals surface area contributed by atoms with Gasteiger partial charge in [-0.2, -0.15) is 4.37 Å². The van der Waals surface area contributed by atoms with Crippen molar-refractivity contribution in [1.82, 2.24) is 9.69 Å². The van der Waals surface area contributed by atoms with Gasteiger partial charge in [0.15, 0.2) is 0 Å². The van der Waals surface area contributed by atoms with E-state index in [1.807, 2.05) is 72.9 Å². The molecular formula is C24H33N3O4S3. The van der Waals surface area contributed by atoms with Crippen LogP contribution in [0.25, 0.3) is 10.2 Å². The Hall–Kier alpha value is -2.17. The highest BCUT2D eigenvalue weighted by Gasteiger charge is 2.29. The van der Waals surface area contributed by atoms with Crippen molar-refractivity contribution in [2.75, 3.05) is 4.90 Å². The fourth-order valence-electron chi connectivity index (χ4n) is 3.23. The van der Waals surface area contributed by atoms with Crippen molar-refractivity contribution in [3.63, 3.8) is 0 Å². The standard InChI is InChI=1S/C24H33N3O4S3/c1-14(25-21(28)30-23(3,4)5)12-17-15(2)18-19(33-17)20(34-26-18)27(13-16-10-9-11-32-16)22(29)31-24(6,7)8/h9-11,14H,12-13H2,1-8H3,(H,25,28)/t14-/m0/s1. The molecule has 3 aromatic rings. The number of carbonyl (C=O) groups is 2. The maximum Gasteiger partial charge on any atom is 0.415 e. The van der Waals surface area contributed by atoms with Crippen LogP contribution in [0, 0.1) is 6.92 Å². The van der Waals surface area contributed by atoms with Crippen LogP contribution in [0.2, 0.25) is 0 Å². The molecule has 7 nitrogen and oxygen atoms in total. The molecule has 0 aliphatic rings. The van der Waals surface area contributed by atoms with Crippen LogP contribution in [0.4, 0.5) is 14.6 Å². The van der Waals surface area contributed by atoms with Crippen LogP contribution in [0.1, 0.15) is 63.8 Å². The molecule has 1 N–H and O–H groups in total. The lowest BCUT2D eigenvalue weighted by Crippen LogP contribution is -2.38. The molecule has 0 fully saturated rings. The van der Waals surface area contributed by atoms with Gasteiger partial charge >= 0.3 is 12.2 Å². The number of carbonyl (C=O) groups excluding carboxylic acids is 2. The Labute approximate surface area is 213 Å². The van der Waals surface area contributed by atoms with E-state index < -0.39 is 17.3 Å². The molecule has 0 saturated carbocycles. The Morgan fingerprint density at radius 2 is 1.82 bits per heavy atom. The molecule has 3 aromatic heterocycles. The summed E-state index contributed by atoms with van der Waals surface area (Å²) < 4.78 is 16.7. The molecule has 186 valence electrons. The number of thiophene rings is 2. The van der Waals surface area contributed by atoms with Gasteiger partial charge in [0.25, 0.3) is 0 Å². The van der Waals surface area contributed by atoms with Gasteiger partial charge in [0, 0.05) is 22.2 Å². The van der Waals surface area contributed by atoms with E-state index in [1.165, 1.54) is 11.5 Å². The van der Waals surface area contributed by atoms with E-state index in [-0.39, 0.29) is 12.1 Å². The monoisotopic (exact) mass is 523 g/mol. The Kier molecular flexibility index (Phi) is 7.94. The Bertz CT molecular complexity index is 1140. The van der Waals surface area contributed by atoms with E-state index in [0.717, 1.165) is 30.5 Å². The summed E-state index contributed by atoms with van der Waals surface area (Å²) in [5.74, 6) is 0. The van der Waals surface area contributed by atoms with Crippen LogP contribution >= 0.6 is 34.2 Å². The summed E-state index contributed by atoms with van der Waals surface area (Å²) in [5.41, 5.74) is 0.815. The van der Waals surface area contributed by atoms with E-state index in [4.69, 9.17) is 9.47 Å². The van der Waals surface area contributed by atoms with Crippen LogP contribution in [0.5, 0.6) is 0 Å². The molecular weight excluding hydrogens is 490 g/mol. The van der Waals surface area contributed by atoms with E-state index in [1.54, 1.807) is 27.6 Å². The minimum atomic E-state index is -0.603. The Morgan fingerprint density at radius 3 is 2.41 bits per heavy atom. The van der Waals surface area contributed by atoms with Crippen molar-refractivity contribution in [2.24, 2.45) is 0 Å². The van der Waals surface area contributed by atoms with Crippen LogP contribution in [0.15, 0.2) is 17.5 Å². The van der Waals surface area contributed by atoms with Gasteiger partial charge in [0.1, 0.15) is 21.7 Å². The lowest BCUT2D eigenvalue weighted by Gasteiger charge is -2.26. The molecule has 0 bridgehead atoms. The predicted molar refractivity (Wildman–Crippen MR) is 142 cm³/mol. The average molecular weight is 524 g/mol. The van der Waals surface area contributed by atoms with Gasteiger partial charge in [0.2, 0.25) is 0 Å². The zero-order valence-corrected chi connectivity index (χ0v) is 23.4. The van der Waals surface area contributed by atoms with E-state index >= 15 is 0 Å². The van der Waals surface area contributed by atoms with Crippen LogP contribution in [-0.2, 0) is 22.4 Å². The number of rotatable bonds is 6. The second-order valence-corrected chi connectivity index (χ2v) is 13.1. The summed E-state index contributed by atoms with van der Waals surface area (Å²) in [6.07, 6.45) is -0.173. The van der Waals surface area contributed by atoms with E-state index in [2.05, 4.69) is 9.69 Å². The minimum absolute atomic E-state index is 0.114. The highest BCUT2D eigenvalue weighted by Crippen LogP contribution is 2.42. The summed E-state index contributed by atoms with van der Waals surface area (Å²) in [4.78, 5) is 29.2. The molecule has 2 amide bonds. The molecule has 0 saturated heterocycles. The van der Waals surface area contributed by atoms with Crippen LogP contribution in [-0.4, -0.2) is 33.8 Å². The highest BCUT2D eigenvalue weighted by molar-refractivity contribution is 7.25. The number of anilines is 1. The maximum absolute atomic E-state index is 13.2. The molecule has 0 unspecified atom stereocenters. The number of nitrogens with one attached hydrogen (secondary N) is 1. The van der Waals surface area contributed by atoms with Crippen molar-refractivity contribution in [3.05, 3.63) is 32.8 Å². The number of hydrogen-bond acceptors (Lipinski definition) is 8. The Morgan fingerprint density at radius 1 is 1.15 bits per heavy atom. The number of fused-ring (bicyclic) bond motifs is 1. The third kappa shape index (κ3) is 6.93. The molecule has 0 radical (unpaired) electrons. The first-order chi connectivity index (χ1) is 15.7.